The van der Waals surface area contributed by atoms with Crippen LogP contribution in [0.5, 0.6) is 0 Å². The molecule has 0 atom stereocenters. The molecule has 1 fully saturated rings. The molecule has 142 valence electrons. The van der Waals surface area contributed by atoms with Crippen molar-refractivity contribution in [2.75, 3.05) is 13.1 Å². The van der Waals surface area contributed by atoms with Gasteiger partial charge in [0.2, 0.25) is 0 Å². The number of amides is 1. The maximum atomic E-state index is 12.7. The molecular formula is C23H22N2O2S. The van der Waals surface area contributed by atoms with Crippen molar-refractivity contribution in [2.24, 2.45) is 4.99 Å². The van der Waals surface area contributed by atoms with Gasteiger partial charge in [-0.2, -0.15) is 4.99 Å². The van der Waals surface area contributed by atoms with Gasteiger partial charge in [-0.15, -0.1) is 0 Å². The zero-order valence-electron chi connectivity index (χ0n) is 18.4. The molecule has 1 amide bonds. The van der Waals surface area contributed by atoms with Gasteiger partial charge in [-0.05, 0) is 53.7 Å². The quantitative estimate of drug-likeness (QED) is 0.666. The van der Waals surface area contributed by atoms with Crippen LogP contribution < -0.4 is 0 Å². The lowest BCUT2D eigenvalue weighted by atomic mass is 9.84. The number of likely N-dealkylation sites (tertiary alicyclic amines) is 1. The standard InChI is InChI=1S/C23H22N2O2S/c1-16(17-7-3-2-4-8-17)20-21(26)24-22(28-20)25-13-11-23(12-14-25)19-10-6-5-9-18(19)15-27-23/h2-10H,11-15H2,1H3/b20-16-/i1D3. The van der Waals surface area contributed by atoms with E-state index in [0.29, 0.717) is 30.4 Å². The van der Waals surface area contributed by atoms with E-state index in [1.807, 2.05) is 18.2 Å². The second-order valence-electron chi connectivity index (χ2n) is 7.30. The fourth-order valence-corrected chi connectivity index (χ4v) is 5.16. The Hall–Kier alpha value is -2.37. The predicted molar refractivity (Wildman–Crippen MR) is 113 cm³/mol. The SMILES string of the molecule is [2H]C([2H])([2H])/C(=C1/SC(N2CCC3(CC2)OCc2ccccc23)=NC1=O)c1ccccc1. The molecule has 3 aliphatic heterocycles. The Bertz CT molecular complexity index is 1090. The molecule has 1 saturated heterocycles. The Kier molecular flexibility index (Phi) is 3.60. The summed E-state index contributed by atoms with van der Waals surface area (Å²) in [4.78, 5) is 19.2. The van der Waals surface area contributed by atoms with E-state index >= 15 is 0 Å². The van der Waals surface area contributed by atoms with Gasteiger partial charge >= 0.3 is 0 Å². The number of hydrogen-bond donors (Lipinski definition) is 0. The number of aliphatic imine (C=N–C) groups is 1. The average Bonchev–Trinajstić information content (AvgIpc) is 3.30. The van der Waals surface area contributed by atoms with Crippen molar-refractivity contribution in [3.63, 3.8) is 0 Å². The van der Waals surface area contributed by atoms with Crippen LogP contribution in [0.3, 0.4) is 0 Å². The van der Waals surface area contributed by atoms with Crippen LogP contribution in [0.2, 0.25) is 0 Å². The molecule has 0 radical (unpaired) electrons. The number of carbonyl (C=O) groups is 1. The highest BCUT2D eigenvalue weighted by atomic mass is 32.2. The van der Waals surface area contributed by atoms with Crippen molar-refractivity contribution in [3.05, 3.63) is 76.2 Å². The fourth-order valence-electron chi connectivity index (χ4n) is 4.18. The van der Waals surface area contributed by atoms with Crippen LogP contribution >= 0.6 is 11.8 Å². The van der Waals surface area contributed by atoms with Gasteiger partial charge in [0, 0.05) is 17.2 Å². The number of carbonyl (C=O) groups excluding carboxylic acids is 1. The fraction of sp³-hybridized carbons (Fsp3) is 0.304. The third kappa shape index (κ3) is 2.90. The summed E-state index contributed by atoms with van der Waals surface area (Å²) in [7, 11) is 0. The Morgan fingerprint density at radius 2 is 1.89 bits per heavy atom. The van der Waals surface area contributed by atoms with Gasteiger partial charge in [0.15, 0.2) is 5.17 Å². The Morgan fingerprint density at radius 3 is 2.68 bits per heavy atom. The predicted octanol–water partition coefficient (Wildman–Crippen LogP) is 4.57. The third-order valence-electron chi connectivity index (χ3n) is 5.73. The molecule has 0 unspecified atom stereocenters. The number of allylic oxidation sites excluding steroid dienone is 1. The van der Waals surface area contributed by atoms with Crippen LogP contribution in [0.1, 0.15) is 40.5 Å². The largest absolute Gasteiger partial charge is 0.365 e. The highest BCUT2D eigenvalue weighted by Gasteiger charge is 2.43. The van der Waals surface area contributed by atoms with Gasteiger partial charge in [-0.1, -0.05) is 54.6 Å². The lowest BCUT2D eigenvalue weighted by molar-refractivity contribution is -0.113. The highest BCUT2D eigenvalue weighted by molar-refractivity contribution is 8.18. The van der Waals surface area contributed by atoms with Crippen molar-refractivity contribution in [1.82, 2.24) is 4.90 Å². The molecule has 3 aliphatic rings. The summed E-state index contributed by atoms with van der Waals surface area (Å²) in [6.45, 7) is -0.363. The smallest absolute Gasteiger partial charge is 0.286 e. The van der Waals surface area contributed by atoms with Crippen LogP contribution in [-0.4, -0.2) is 29.1 Å². The van der Waals surface area contributed by atoms with E-state index in [-0.39, 0.29) is 16.1 Å². The molecular weight excluding hydrogens is 368 g/mol. The van der Waals surface area contributed by atoms with E-state index in [2.05, 4.69) is 22.0 Å². The summed E-state index contributed by atoms with van der Waals surface area (Å²) in [5, 5.41) is 0.582. The van der Waals surface area contributed by atoms with Crippen molar-refractivity contribution >= 4 is 28.4 Å². The summed E-state index contributed by atoms with van der Waals surface area (Å²) in [6.07, 6.45) is 1.61. The van der Waals surface area contributed by atoms with Crippen LogP contribution in [0, 0.1) is 0 Å². The Morgan fingerprint density at radius 1 is 1.14 bits per heavy atom. The normalized spacial score (nSPS) is 24.4. The van der Waals surface area contributed by atoms with Crippen molar-refractivity contribution in [1.29, 1.82) is 0 Å². The van der Waals surface area contributed by atoms with E-state index in [1.165, 1.54) is 22.9 Å². The van der Waals surface area contributed by atoms with E-state index in [1.54, 1.807) is 24.3 Å². The highest BCUT2D eigenvalue weighted by Crippen LogP contribution is 2.45. The number of amidine groups is 1. The maximum absolute atomic E-state index is 12.7. The van der Waals surface area contributed by atoms with Gasteiger partial charge in [-0.3, -0.25) is 4.79 Å². The topological polar surface area (TPSA) is 41.9 Å². The zero-order chi connectivity index (χ0) is 21.6. The molecule has 0 aromatic heterocycles. The maximum Gasteiger partial charge on any atom is 0.286 e. The van der Waals surface area contributed by atoms with E-state index in [0.717, 1.165) is 12.8 Å². The van der Waals surface area contributed by atoms with Crippen LogP contribution in [0.25, 0.3) is 5.57 Å². The van der Waals surface area contributed by atoms with Crippen molar-refractivity contribution < 1.29 is 13.6 Å². The molecule has 3 heterocycles. The number of nitrogens with zero attached hydrogens (tertiary/aromatic N) is 2. The molecule has 1 spiro atoms. The van der Waals surface area contributed by atoms with Gasteiger partial charge in [0.25, 0.3) is 5.91 Å². The van der Waals surface area contributed by atoms with Gasteiger partial charge in [-0.25, -0.2) is 0 Å². The molecule has 5 rings (SSSR count). The molecule has 28 heavy (non-hydrogen) atoms. The minimum Gasteiger partial charge on any atom is -0.365 e. The number of rotatable bonds is 1. The minimum atomic E-state index is -2.41. The van der Waals surface area contributed by atoms with E-state index < -0.39 is 12.8 Å². The lowest BCUT2D eigenvalue weighted by Crippen LogP contribution is -2.44. The number of piperidine rings is 1. The zero-order valence-corrected chi connectivity index (χ0v) is 16.2. The van der Waals surface area contributed by atoms with Crippen LogP contribution in [0.4, 0.5) is 0 Å². The first-order valence-electron chi connectivity index (χ1n) is 11.0. The summed E-state index contributed by atoms with van der Waals surface area (Å²) in [5.74, 6) is -0.474. The Balaban J connectivity index is 1.38. The van der Waals surface area contributed by atoms with Crippen LogP contribution in [-0.2, 0) is 21.7 Å². The van der Waals surface area contributed by atoms with E-state index in [4.69, 9.17) is 8.85 Å². The van der Waals surface area contributed by atoms with Crippen LogP contribution in [0.15, 0.2) is 64.5 Å². The molecule has 4 nitrogen and oxygen atoms in total. The number of hydrogen-bond acceptors (Lipinski definition) is 4. The molecule has 0 bridgehead atoms. The second kappa shape index (κ2) is 6.90. The third-order valence-corrected chi connectivity index (χ3v) is 6.84. The Labute approximate surface area is 173 Å². The first-order chi connectivity index (χ1) is 14.9. The van der Waals surface area contributed by atoms with Crippen molar-refractivity contribution in [2.45, 2.75) is 31.9 Å². The van der Waals surface area contributed by atoms with E-state index in [9.17, 15) is 4.79 Å². The number of fused-ring (bicyclic) bond motifs is 2. The molecule has 0 aliphatic carbocycles. The molecule has 5 heteroatoms. The first kappa shape index (κ1) is 14.6. The molecule has 0 N–H and O–H groups in total. The average molecular weight is 394 g/mol. The number of thioether (sulfide) groups is 1. The summed E-state index contributed by atoms with van der Waals surface area (Å²) in [5.41, 5.74) is 2.84. The summed E-state index contributed by atoms with van der Waals surface area (Å²) >= 11 is 1.18. The molecule has 2 aromatic carbocycles. The van der Waals surface area contributed by atoms with Crippen molar-refractivity contribution in [3.8, 4) is 0 Å². The van der Waals surface area contributed by atoms with Gasteiger partial charge in [0.05, 0.1) is 17.1 Å². The summed E-state index contributed by atoms with van der Waals surface area (Å²) < 4.78 is 30.2. The number of benzene rings is 2. The monoisotopic (exact) mass is 393 g/mol. The first-order valence-corrected chi connectivity index (χ1v) is 10.3. The lowest BCUT2D eigenvalue weighted by Gasteiger charge is -2.39. The van der Waals surface area contributed by atoms with Gasteiger partial charge in [0.1, 0.15) is 0 Å². The molecule has 0 saturated carbocycles. The second-order valence-corrected chi connectivity index (χ2v) is 8.28. The van der Waals surface area contributed by atoms with Gasteiger partial charge < -0.3 is 9.64 Å². The number of ether oxygens (including phenoxy) is 1. The molecule has 2 aromatic rings. The summed E-state index contributed by atoms with van der Waals surface area (Å²) in [6, 6.07) is 17.2. The minimum absolute atomic E-state index is 0.0726.